The van der Waals surface area contributed by atoms with Crippen molar-refractivity contribution in [3.63, 3.8) is 0 Å². The van der Waals surface area contributed by atoms with Crippen LogP contribution in [0, 0.1) is 5.92 Å². The number of nitrogens with two attached hydrogens (primary N) is 1. The first-order chi connectivity index (χ1) is 5.67. The Morgan fingerprint density at radius 2 is 1.92 bits per heavy atom. The Kier molecular flexibility index (Phi) is 5.81. The highest BCUT2D eigenvalue weighted by molar-refractivity contribution is 5.13. The summed E-state index contributed by atoms with van der Waals surface area (Å²) < 4.78 is 0. The third-order valence-corrected chi connectivity index (χ3v) is 2.13. The van der Waals surface area contributed by atoms with Crippen molar-refractivity contribution in [2.45, 2.75) is 47.0 Å². The SMILES string of the molecule is CCC/C(=C(/CC)NN)C(C)C. The van der Waals surface area contributed by atoms with Crippen molar-refractivity contribution in [1.82, 2.24) is 5.43 Å². The largest absolute Gasteiger partial charge is 0.328 e. The molecule has 0 saturated carbocycles. The third kappa shape index (κ3) is 3.26. The van der Waals surface area contributed by atoms with E-state index in [1.165, 1.54) is 17.7 Å². The molecule has 0 aromatic carbocycles. The molecule has 0 fully saturated rings. The maximum absolute atomic E-state index is 5.44. The Bertz CT molecular complexity index is 142. The molecule has 0 heterocycles. The molecule has 0 aliphatic heterocycles. The van der Waals surface area contributed by atoms with Gasteiger partial charge in [0.05, 0.1) is 0 Å². The van der Waals surface area contributed by atoms with Crippen molar-refractivity contribution >= 4 is 0 Å². The van der Waals surface area contributed by atoms with Gasteiger partial charge >= 0.3 is 0 Å². The van der Waals surface area contributed by atoms with Gasteiger partial charge in [0.2, 0.25) is 0 Å². The van der Waals surface area contributed by atoms with E-state index in [-0.39, 0.29) is 0 Å². The van der Waals surface area contributed by atoms with Crippen molar-refractivity contribution < 1.29 is 0 Å². The van der Waals surface area contributed by atoms with E-state index in [9.17, 15) is 0 Å². The quantitative estimate of drug-likeness (QED) is 0.491. The fourth-order valence-corrected chi connectivity index (χ4v) is 1.48. The summed E-state index contributed by atoms with van der Waals surface area (Å²) >= 11 is 0. The highest BCUT2D eigenvalue weighted by Gasteiger charge is 2.07. The maximum Gasteiger partial charge on any atom is 0.0251 e. The summed E-state index contributed by atoms with van der Waals surface area (Å²) in [6.45, 7) is 8.77. The number of hydrogen-bond donors (Lipinski definition) is 2. The Balaban J connectivity index is 4.51. The lowest BCUT2D eigenvalue weighted by molar-refractivity contribution is 0.654. The molecular weight excluding hydrogens is 148 g/mol. The molecule has 0 spiro atoms. The van der Waals surface area contributed by atoms with Gasteiger partial charge in [-0.3, -0.25) is 5.84 Å². The average molecular weight is 170 g/mol. The standard InChI is InChI=1S/C10H22N2/c1-5-7-9(8(3)4)10(6-2)12-11/h8,12H,5-7,11H2,1-4H3/b10-9+. The summed E-state index contributed by atoms with van der Waals surface area (Å²) in [5, 5.41) is 0. The maximum atomic E-state index is 5.44. The topological polar surface area (TPSA) is 38.0 Å². The summed E-state index contributed by atoms with van der Waals surface area (Å²) in [6, 6.07) is 0. The molecule has 0 aliphatic rings. The molecule has 0 aromatic heterocycles. The van der Waals surface area contributed by atoms with Gasteiger partial charge in [0, 0.05) is 5.70 Å². The van der Waals surface area contributed by atoms with Crippen molar-refractivity contribution in [2.24, 2.45) is 11.8 Å². The second-order valence-electron chi connectivity index (χ2n) is 3.41. The van der Waals surface area contributed by atoms with E-state index >= 15 is 0 Å². The van der Waals surface area contributed by atoms with Gasteiger partial charge in [-0.1, -0.05) is 34.1 Å². The van der Waals surface area contributed by atoms with Crippen LogP contribution in [0.2, 0.25) is 0 Å². The Morgan fingerprint density at radius 3 is 2.17 bits per heavy atom. The highest BCUT2D eigenvalue weighted by Crippen LogP contribution is 2.20. The molecule has 2 heteroatoms. The first-order valence-electron chi connectivity index (χ1n) is 4.85. The zero-order chi connectivity index (χ0) is 9.56. The number of hydrogen-bond acceptors (Lipinski definition) is 2. The van der Waals surface area contributed by atoms with Gasteiger partial charge < -0.3 is 5.43 Å². The molecule has 72 valence electrons. The molecule has 0 atom stereocenters. The van der Waals surface area contributed by atoms with E-state index in [0.29, 0.717) is 5.92 Å². The molecule has 2 nitrogen and oxygen atoms in total. The predicted molar refractivity (Wildman–Crippen MR) is 54.4 cm³/mol. The average Bonchev–Trinajstić information content (AvgIpc) is 2.05. The molecular formula is C10H22N2. The van der Waals surface area contributed by atoms with E-state index in [2.05, 4.69) is 33.1 Å². The molecule has 0 unspecified atom stereocenters. The lowest BCUT2D eigenvalue weighted by Gasteiger charge is -2.16. The molecule has 12 heavy (non-hydrogen) atoms. The number of allylic oxidation sites excluding steroid dienone is 2. The van der Waals surface area contributed by atoms with Gasteiger partial charge in [-0.05, 0) is 24.3 Å². The summed E-state index contributed by atoms with van der Waals surface area (Å²) in [7, 11) is 0. The monoisotopic (exact) mass is 170 g/mol. The van der Waals surface area contributed by atoms with Crippen LogP contribution in [0.15, 0.2) is 11.3 Å². The number of nitrogens with one attached hydrogen (secondary N) is 1. The minimum atomic E-state index is 0.607. The van der Waals surface area contributed by atoms with E-state index in [0.717, 1.165) is 12.8 Å². The van der Waals surface area contributed by atoms with E-state index in [1.54, 1.807) is 0 Å². The Labute approximate surface area is 76.2 Å². The zero-order valence-corrected chi connectivity index (χ0v) is 8.78. The lowest BCUT2D eigenvalue weighted by atomic mass is 9.95. The van der Waals surface area contributed by atoms with Crippen LogP contribution in [0.3, 0.4) is 0 Å². The minimum Gasteiger partial charge on any atom is -0.328 e. The fraction of sp³-hybridized carbons (Fsp3) is 0.800. The molecule has 0 bridgehead atoms. The van der Waals surface area contributed by atoms with Crippen LogP contribution < -0.4 is 11.3 Å². The first kappa shape index (κ1) is 11.5. The molecule has 0 saturated heterocycles. The minimum absolute atomic E-state index is 0.607. The van der Waals surface area contributed by atoms with Crippen LogP contribution in [0.4, 0.5) is 0 Å². The van der Waals surface area contributed by atoms with E-state index < -0.39 is 0 Å². The molecule has 0 aromatic rings. The van der Waals surface area contributed by atoms with Crippen molar-refractivity contribution in [1.29, 1.82) is 0 Å². The second-order valence-corrected chi connectivity index (χ2v) is 3.41. The Hall–Kier alpha value is -0.500. The van der Waals surface area contributed by atoms with Crippen molar-refractivity contribution in [3.05, 3.63) is 11.3 Å². The number of rotatable bonds is 5. The van der Waals surface area contributed by atoms with Crippen LogP contribution >= 0.6 is 0 Å². The van der Waals surface area contributed by atoms with Crippen molar-refractivity contribution in [3.8, 4) is 0 Å². The zero-order valence-electron chi connectivity index (χ0n) is 8.78. The summed E-state index contributed by atoms with van der Waals surface area (Å²) in [5.74, 6) is 6.05. The molecule has 0 amide bonds. The molecule has 3 N–H and O–H groups in total. The fourth-order valence-electron chi connectivity index (χ4n) is 1.48. The van der Waals surface area contributed by atoms with Crippen LogP contribution in [-0.4, -0.2) is 0 Å². The predicted octanol–water partition coefficient (Wildman–Crippen LogP) is 2.57. The second kappa shape index (κ2) is 6.06. The highest BCUT2D eigenvalue weighted by atomic mass is 15.2. The summed E-state index contributed by atoms with van der Waals surface area (Å²) in [6.07, 6.45) is 3.35. The first-order valence-corrected chi connectivity index (χ1v) is 4.85. The normalized spacial score (nSPS) is 13.2. The van der Waals surface area contributed by atoms with Gasteiger partial charge in [0.25, 0.3) is 0 Å². The van der Waals surface area contributed by atoms with Gasteiger partial charge in [-0.2, -0.15) is 0 Å². The van der Waals surface area contributed by atoms with Gasteiger partial charge in [0.15, 0.2) is 0 Å². The van der Waals surface area contributed by atoms with E-state index in [1.807, 2.05) is 0 Å². The molecule has 0 rings (SSSR count). The van der Waals surface area contributed by atoms with E-state index in [4.69, 9.17) is 5.84 Å². The number of hydrazine groups is 1. The summed E-state index contributed by atoms with van der Waals surface area (Å²) in [4.78, 5) is 0. The van der Waals surface area contributed by atoms with Crippen LogP contribution in [0.1, 0.15) is 47.0 Å². The Morgan fingerprint density at radius 1 is 1.33 bits per heavy atom. The third-order valence-electron chi connectivity index (χ3n) is 2.13. The van der Waals surface area contributed by atoms with Crippen molar-refractivity contribution in [2.75, 3.05) is 0 Å². The van der Waals surface area contributed by atoms with Gasteiger partial charge in [-0.25, -0.2) is 0 Å². The van der Waals surface area contributed by atoms with Gasteiger partial charge in [-0.15, -0.1) is 0 Å². The van der Waals surface area contributed by atoms with Gasteiger partial charge in [0.1, 0.15) is 0 Å². The molecule has 0 aliphatic carbocycles. The smallest absolute Gasteiger partial charge is 0.0251 e. The van der Waals surface area contributed by atoms with Crippen LogP contribution in [0.25, 0.3) is 0 Å². The molecule has 0 radical (unpaired) electrons. The lowest BCUT2D eigenvalue weighted by Crippen LogP contribution is -2.23. The van der Waals surface area contributed by atoms with Crippen LogP contribution in [-0.2, 0) is 0 Å². The summed E-state index contributed by atoms with van der Waals surface area (Å²) in [5.41, 5.74) is 5.49. The van der Waals surface area contributed by atoms with Crippen LogP contribution in [0.5, 0.6) is 0 Å².